The van der Waals surface area contributed by atoms with Crippen LogP contribution in [0, 0.1) is 0 Å². The molecule has 1 fully saturated rings. The first-order chi connectivity index (χ1) is 12.0. The second kappa shape index (κ2) is 9.22. The molecule has 1 saturated carbocycles. The summed E-state index contributed by atoms with van der Waals surface area (Å²) < 4.78 is 15.4. The molecule has 0 radical (unpaired) electrons. The molecule has 25 heavy (non-hydrogen) atoms. The first-order valence-corrected chi connectivity index (χ1v) is 8.36. The highest BCUT2D eigenvalue weighted by Gasteiger charge is 2.33. The summed E-state index contributed by atoms with van der Waals surface area (Å²) in [5.74, 6) is 0.0356. The Kier molecular flexibility index (Phi) is 7.01. The van der Waals surface area contributed by atoms with Crippen molar-refractivity contribution in [2.45, 2.75) is 38.5 Å². The van der Waals surface area contributed by atoms with Gasteiger partial charge in [-0.05, 0) is 37.5 Å². The van der Waals surface area contributed by atoms with Crippen LogP contribution >= 0.6 is 0 Å². The predicted octanol–water partition coefficient (Wildman–Crippen LogP) is 2.32. The van der Waals surface area contributed by atoms with Crippen molar-refractivity contribution in [2.24, 2.45) is 0 Å². The lowest BCUT2D eigenvalue weighted by Crippen LogP contribution is -2.37. The zero-order valence-corrected chi connectivity index (χ0v) is 14.8. The number of hydrogen-bond acceptors (Lipinski definition) is 5. The van der Waals surface area contributed by atoms with Crippen LogP contribution in [0.1, 0.15) is 25.3 Å². The second-order valence-electron chi connectivity index (χ2n) is 5.97. The molecule has 0 bridgehead atoms. The van der Waals surface area contributed by atoms with E-state index in [1.165, 1.54) is 0 Å². The summed E-state index contributed by atoms with van der Waals surface area (Å²) in [7, 11) is 1.61. The normalized spacial score (nSPS) is 14.5. The van der Waals surface area contributed by atoms with E-state index in [1.54, 1.807) is 25.0 Å². The number of benzene rings is 1. The molecule has 0 saturated heterocycles. The van der Waals surface area contributed by atoms with Crippen LogP contribution in [0.4, 0.5) is 0 Å². The topological polar surface area (TPSA) is 65.1 Å². The molecule has 1 aliphatic rings. The van der Waals surface area contributed by atoms with E-state index < -0.39 is 12.1 Å². The Hall–Kier alpha value is -2.34. The van der Waals surface area contributed by atoms with Gasteiger partial charge in [0.25, 0.3) is 5.91 Å². The molecule has 1 aromatic carbocycles. The maximum atomic E-state index is 12.5. The Labute approximate surface area is 148 Å². The summed E-state index contributed by atoms with van der Waals surface area (Å²) in [5.41, 5.74) is 1.01. The molecule has 1 unspecified atom stereocenters. The van der Waals surface area contributed by atoms with E-state index in [9.17, 15) is 9.59 Å². The van der Waals surface area contributed by atoms with E-state index in [-0.39, 0.29) is 25.2 Å². The third-order valence-electron chi connectivity index (χ3n) is 3.95. The molecule has 0 N–H and O–H groups in total. The van der Waals surface area contributed by atoms with Crippen molar-refractivity contribution in [2.75, 3.05) is 20.3 Å². The Bertz CT molecular complexity index is 594. The molecule has 2 rings (SSSR count). The number of methoxy groups -OCH3 is 1. The van der Waals surface area contributed by atoms with Crippen molar-refractivity contribution in [1.82, 2.24) is 4.90 Å². The van der Waals surface area contributed by atoms with Gasteiger partial charge < -0.3 is 19.1 Å². The van der Waals surface area contributed by atoms with Crippen LogP contribution < -0.4 is 4.74 Å². The minimum atomic E-state index is -0.721. The van der Waals surface area contributed by atoms with Crippen LogP contribution in [0.2, 0.25) is 0 Å². The number of esters is 1. The van der Waals surface area contributed by atoms with E-state index >= 15 is 0 Å². The van der Waals surface area contributed by atoms with Gasteiger partial charge in [0.1, 0.15) is 5.75 Å². The number of rotatable bonds is 10. The quantitative estimate of drug-likeness (QED) is 0.480. The number of carbonyl (C=O) groups is 2. The van der Waals surface area contributed by atoms with Gasteiger partial charge in [-0.15, -0.1) is 6.58 Å². The van der Waals surface area contributed by atoms with Crippen molar-refractivity contribution < 1.29 is 23.8 Å². The van der Waals surface area contributed by atoms with Gasteiger partial charge in [-0.1, -0.05) is 18.2 Å². The zero-order chi connectivity index (χ0) is 18.2. The Morgan fingerprint density at radius 1 is 1.32 bits per heavy atom. The fraction of sp³-hybridized carbons (Fsp3) is 0.474. The SMILES string of the molecule is C=CCOC(C)C(=O)OCC(=O)N(Cc1ccc(OC)cc1)C1CC1. The summed E-state index contributed by atoms with van der Waals surface area (Å²) >= 11 is 0. The number of hydrogen-bond donors (Lipinski definition) is 0. The van der Waals surface area contributed by atoms with Crippen LogP contribution in [0.25, 0.3) is 0 Å². The molecule has 0 aliphatic heterocycles. The van der Waals surface area contributed by atoms with Gasteiger partial charge in [-0.3, -0.25) is 4.79 Å². The van der Waals surface area contributed by atoms with Crippen LogP contribution in [0.15, 0.2) is 36.9 Å². The number of carbonyl (C=O) groups excluding carboxylic acids is 2. The van der Waals surface area contributed by atoms with Crippen molar-refractivity contribution in [3.8, 4) is 5.75 Å². The lowest BCUT2D eigenvalue weighted by atomic mass is 10.2. The molecule has 1 atom stereocenters. The molecule has 1 aromatic rings. The Morgan fingerprint density at radius 3 is 2.56 bits per heavy atom. The third kappa shape index (κ3) is 5.90. The van der Waals surface area contributed by atoms with Gasteiger partial charge in [0, 0.05) is 12.6 Å². The highest BCUT2D eigenvalue weighted by Crippen LogP contribution is 2.28. The van der Waals surface area contributed by atoms with Gasteiger partial charge in [0.2, 0.25) is 0 Å². The summed E-state index contributed by atoms with van der Waals surface area (Å²) in [6.45, 7) is 5.59. The molecule has 6 nitrogen and oxygen atoms in total. The maximum absolute atomic E-state index is 12.5. The summed E-state index contributed by atoms with van der Waals surface area (Å²) in [5, 5.41) is 0. The number of ether oxygens (including phenoxy) is 3. The van der Waals surface area contributed by atoms with Crippen LogP contribution in [0.5, 0.6) is 5.75 Å². The number of amides is 1. The Morgan fingerprint density at radius 2 is 2.00 bits per heavy atom. The van der Waals surface area contributed by atoms with Gasteiger partial charge in [0.05, 0.1) is 13.7 Å². The first-order valence-electron chi connectivity index (χ1n) is 8.36. The van der Waals surface area contributed by atoms with Crippen molar-refractivity contribution >= 4 is 11.9 Å². The van der Waals surface area contributed by atoms with Gasteiger partial charge in [0.15, 0.2) is 12.7 Å². The standard InChI is InChI=1S/C19H25NO5/c1-4-11-24-14(2)19(22)25-13-18(21)20(16-7-8-16)12-15-5-9-17(23-3)10-6-15/h4-6,9-10,14,16H,1,7-8,11-13H2,2-3H3. The van der Waals surface area contributed by atoms with Gasteiger partial charge in [-0.25, -0.2) is 4.79 Å². The van der Waals surface area contributed by atoms with Gasteiger partial charge >= 0.3 is 5.97 Å². The summed E-state index contributed by atoms with van der Waals surface area (Å²) in [4.78, 5) is 26.1. The highest BCUT2D eigenvalue weighted by atomic mass is 16.6. The Balaban J connectivity index is 1.87. The molecule has 1 aliphatic carbocycles. The smallest absolute Gasteiger partial charge is 0.335 e. The average molecular weight is 347 g/mol. The average Bonchev–Trinajstić information content (AvgIpc) is 3.47. The third-order valence-corrected chi connectivity index (χ3v) is 3.95. The lowest BCUT2D eigenvalue weighted by Gasteiger charge is -2.23. The van der Waals surface area contributed by atoms with E-state index in [0.717, 1.165) is 24.2 Å². The maximum Gasteiger partial charge on any atom is 0.335 e. The predicted molar refractivity (Wildman–Crippen MR) is 93.1 cm³/mol. The molecular formula is C19H25NO5. The van der Waals surface area contributed by atoms with Crippen molar-refractivity contribution in [1.29, 1.82) is 0 Å². The molecule has 0 spiro atoms. The second-order valence-corrected chi connectivity index (χ2v) is 5.97. The largest absolute Gasteiger partial charge is 0.497 e. The van der Waals surface area contributed by atoms with Gasteiger partial charge in [-0.2, -0.15) is 0 Å². The van der Waals surface area contributed by atoms with E-state index in [1.807, 2.05) is 24.3 Å². The van der Waals surface area contributed by atoms with E-state index in [2.05, 4.69) is 6.58 Å². The minimum Gasteiger partial charge on any atom is -0.497 e. The number of nitrogens with zero attached hydrogens (tertiary/aromatic N) is 1. The van der Waals surface area contributed by atoms with Crippen molar-refractivity contribution in [3.63, 3.8) is 0 Å². The molecule has 0 aromatic heterocycles. The molecule has 0 heterocycles. The van der Waals surface area contributed by atoms with Crippen LogP contribution in [-0.2, 0) is 25.6 Å². The van der Waals surface area contributed by atoms with Crippen LogP contribution in [-0.4, -0.2) is 49.2 Å². The summed E-state index contributed by atoms with van der Waals surface area (Å²) in [6.07, 6.45) is 2.80. The van der Waals surface area contributed by atoms with Crippen molar-refractivity contribution in [3.05, 3.63) is 42.5 Å². The molecule has 136 valence electrons. The molecule has 6 heteroatoms. The fourth-order valence-corrected chi connectivity index (χ4v) is 2.35. The van der Waals surface area contributed by atoms with E-state index in [4.69, 9.17) is 14.2 Å². The fourth-order valence-electron chi connectivity index (χ4n) is 2.35. The monoisotopic (exact) mass is 347 g/mol. The zero-order valence-electron chi connectivity index (χ0n) is 14.8. The first kappa shape index (κ1) is 19.0. The van der Waals surface area contributed by atoms with E-state index in [0.29, 0.717) is 6.54 Å². The summed E-state index contributed by atoms with van der Waals surface area (Å²) in [6, 6.07) is 7.81. The van der Waals surface area contributed by atoms with Crippen LogP contribution in [0.3, 0.4) is 0 Å². The highest BCUT2D eigenvalue weighted by molar-refractivity contribution is 5.82. The minimum absolute atomic E-state index is 0.192. The molecular weight excluding hydrogens is 322 g/mol. The molecule has 1 amide bonds. The lowest BCUT2D eigenvalue weighted by molar-refractivity contribution is -0.161.